The second-order valence-electron chi connectivity index (χ2n) is 3.61. The summed E-state index contributed by atoms with van der Waals surface area (Å²) in [6, 6.07) is 0. The van der Waals surface area contributed by atoms with Gasteiger partial charge in [0.05, 0.1) is 17.0 Å². The Bertz CT molecular complexity index is 312. The highest BCUT2D eigenvalue weighted by molar-refractivity contribution is 7.91. The lowest BCUT2D eigenvalue weighted by Crippen LogP contribution is -2.50. The van der Waals surface area contributed by atoms with E-state index in [2.05, 4.69) is 10.6 Å². The third-order valence-electron chi connectivity index (χ3n) is 2.15. The number of hydrogen-bond acceptors (Lipinski definition) is 3. The average molecular weight is 222 g/mol. The van der Waals surface area contributed by atoms with Gasteiger partial charge in [-0.3, -0.25) is 0 Å². The molecule has 0 unspecified atom stereocenters. The van der Waals surface area contributed by atoms with Crippen molar-refractivity contribution in [3.8, 4) is 0 Å². The molecule has 0 radical (unpaired) electrons. The van der Waals surface area contributed by atoms with Crippen LogP contribution < -0.4 is 10.6 Å². The Kier molecular flexibility index (Phi) is 2.82. The lowest BCUT2D eigenvalue weighted by molar-refractivity contribution is 0.470. The maximum absolute atomic E-state index is 11.2. The summed E-state index contributed by atoms with van der Waals surface area (Å²) in [5, 5.41) is 6.27. The van der Waals surface area contributed by atoms with Crippen molar-refractivity contribution in [1.29, 1.82) is 0 Å². The normalized spacial score (nSPS) is 31.2. The summed E-state index contributed by atoms with van der Waals surface area (Å²) in [7, 11) is -1.15. The molecule has 1 aliphatic rings. The van der Waals surface area contributed by atoms with Crippen molar-refractivity contribution in [2.75, 3.05) is 18.6 Å². The Hall–Kier alpha value is -0.360. The van der Waals surface area contributed by atoms with E-state index in [0.717, 1.165) is 0 Å². The molecule has 0 amide bonds. The maximum atomic E-state index is 11.2. The molecule has 13 heavy (non-hydrogen) atoms. The molecule has 4 nitrogen and oxygen atoms in total. The van der Waals surface area contributed by atoms with Crippen molar-refractivity contribution in [3.05, 3.63) is 0 Å². The van der Waals surface area contributed by atoms with Gasteiger partial charge in [-0.2, -0.15) is 0 Å². The monoisotopic (exact) mass is 222 g/mol. The first-order valence-corrected chi connectivity index (χ1v) is 6.30. The highest BCUT2D eigenvalue weighted by Gasteiger charge is 2.38. The molecule has 1 rings (SSSR count). The number of hydrogen-bond donors (Lipinski definition) is 2. The van der Waals surface area contributed by atoms with Gasteiger partial charge in [0, 0.05) is 7.05 Å². The molecule has 0 spiro atoms. The van der Waals surface area contributed by atoms with E-state index in [4.69, 9.17) is 12.2 Å². The van der Waals surface area contributed by atoms with Crippen LogP contribution in [0.2, 0.25) is 0 Å². The van der Waals surface area contributed by atoms with Gasteiger partial charge in [-0.1, -0.05) is 0 Å². The molecule has 1 atom stereocenters. The van der Waals surface area contributed by atoms with E-state index in [1.54, 1.807) is 7.05 Å². The zero-order valence-corrected chi connectivity index (χ0v) is 9.39. The molecule has 0 aromatic heterocycles. The second-order valence-corrected chi connectivity index (χ2v) is 6.20. The van der Waals surface area contributed by atoms with Gasteiger partial charge in [-0.15, -0.1) is 0 Å². The summed E-state index contributed by atoms with van der Waals surface area (Å²) < 4.78 is 22.4. The Morgan fingerprint density at radius 3 is 2.54 bits per heavy atom. The standard InChI is InChI=1S/C7H14N2O2S2/c1-7(9-6(12)8-2)3-4-13(10,11)5-7/h3-5H2,1-2H3,(H2,8,9,12)/t7-/m1/s1. The first-order valence-electron chi connectivity index (χ1n) is 4.07. The fourth-order valence-electron chi connectivity index (χ4n) is 1.45. The lowest BCUT2D eigenvalue weighted by atomic mass is 10.0. The largest absolute Gasteiger partial charge is 0.366 e. The van der Waals surface area contributed by atoms with Crippen molar-refractivity contribution in [2.45, 2.75) is 18.9 Å². The minimum absolute atomic E-state index is 0.168. The first kappa shape index (κ1) is 10.7. The van der Waals surface area contributed by atoms with E-state index >= 15 is 0 Å². The fraction of sp³-hybridized carbons (Fsp3) is 0.857. The highest BCUT2D eigenvalue weighted by Crippen LogP contribution is 2.22. The number of nitrogens with one attached hydrogen (secondary N) is 2. The van der Waals surface area contributed by atoms with Crippen molar-refractivity contribution in [2.24, 2.45) is 0 Å². The van der Waals surface area contributed by atoms with Gasteiger partial charge in [0.25, 0.3) is 0 Å². The van der Waals surface area contributed by atoms with Crippen molar-refractivity contribution < 1.29 is 8.42 Å². The van der Waals surface area contributed by atoms with Crippen LogP contribution in [-0.4, -0.2) is 37.6 Å². The minimum atomic E-state index is -2.86. The molecule has 0 bridgehead atoms. The van der Waals surface area contributed by atoms with Gasteiger partial charge in [0.2, 0.25) is 0 Å². The van der Waals surface area contributed by atoms with Crippen LogP contribution in [0.15, 0.2) is 0 Å². The third kappa shape index (κ3) is 2.80. The second kappa shape index (κ2) is 3.42. The molecular formula is C7H14N2O2S2. The van der Waals surface area contributed by atoms with E-state index in [9.17, 15) is 8.42 Å². The van der Waals surface area contributed by atoms with Gasteiger partial charge in [0.1, 0.15) is 0 Å². The molecule has 2 N–H and O–H groups in total. The van der Waals surface area contributed by atoms with Gasteiger partial charge < -0.3 is 10.6 Å². The molecule has 6 heteroatoms. The average Bonchev–Trinajstić information content (AvgIpc) is 2.25. The zero-order chi connectivity index (χ0) is 10.1. The topological polar surface area (TPSA) is 58.2 Å². The van der Waals surface area contributed by atoms with Crippen LogP contribution in [0, 0.1) is 0 Å². The van der Waals surface area contributed by atoms with E-state index in [1.807, 2.05) is 6.92 Å². The predicted octanol–water partition coefficient (Wildman–Crippen LogP) is -0.342. The van der Waals surface area contributed by atoms with Crippen molar-refractivity contribution >= 4 is 27.2 Å². The first-order chi connectivity index (χ1) is 5.87. The quantitative estimate of drug-likeness (QED) is 0.594. The Balaban J connectivity index is 2.65. The zero-order valence-electron chi connectivity index (χ0n) is 7.75. The molecule has 76 valence electrons. The van der Waals surface area contributed by atoms with E-state index in [-0.39, 0.29) is 17.0 Å². The van der Waals surface area contributed by atoms with Crippen LogP contribution in [0.25, 0.3) is 0 Å². The molecule has 0 aliphatic carbocycles. The van der Waals surface area contributed by atoms with Crippen LogP contribution in [0.5, 0.6) is 0 Å². The summed E-state index contributed by atoms with van der Waals surface area (Å²) >= 11 is 4.92. The highest BCUT2D eigenvalue weighted by atomic mass is 32.2. The van der Waals surface area contributed by atoms with Gasteiger partial charge in [-0.05, 0) is 25.6 Å². The smallest absolute Gasteiger partial charge is 0.166 e. The maximum Gasteiger partial charge on any atom is 0.166 e. The van der Waals surface area contributed by atoms with Crippen LogP contribution in [-0.2, 0) is 9.84 Å². The molecule has 0 aromatic carbocycles. The van der Waals surface area contributed by atoms with Gasteiger partial charge in [0.15, 0.2) is 14.9 Å². The Labute approximate surface area is 84.0 Å². The van der Waals surface area contributed by atoms with Crippen molar-refractivity contribution in [3.63, 3.8) is 0 Å². The van der Waals surface area contributed by atoms with Gasteiger partial charge >= 0.3 is 0 Å². The Morgan fingerprint density at radius 2 is 2.15 bits per heavy atom. The fourth-order valence-corrected chi connectivity index (χ4v) is 3.79. The summed E-state index contributed by atoms with van der Waals surface area (Å²) in [5.74, 6) is 0.421. The molecule has 1 aliphatic heterocycles. The number of thiocarbonyl (C=S) groups is 1. The summed E-state index contributed by atoms with van der Waals surface area (Å²) in [6.45, 7) is 1.88. The molecule has 0 aromatic rings. The van der Waals surface area contributed by atoms with E-state index in [1.165, 1.54) is 0 Å². The van der Waals surface area contributed by atoms with Gasteiger partial charge in [-0.25, -0.2) is 8.42 Å². The van der Waals surface area contributed by atoms with E-state index < -0.39 is 9.84 Å². The molecule has 1 fully saturated rings. The summed E-state index contributed by atoms with van der Waals surface area (Å²) in [6.07, 6.45) is 0.622. The predicted molar refractivity (Wildman–Crippen MR) is 56.5 cm³/mol. The third-order valence-corrected chi connectivity index (χ3v) is 4.35. The van der Waals surface area contributed by atoms with E-state index in [0.29, 0.717) is 11.5 Å². The summed E-state index contributed by atoms with van der Waals surface area (Å²) in [5.41, 5.74) is -0.390. The Morgan fingerprint density at radius 1 is 1.54 bits per heavy atom. The van der Waals surface area contributed by atoms with Crippen LogP contribution in [0.1, 0.15) is 13.3 Å². The molecule has 1 heterocycles. The molecule has 0 saturated carbocycles. The van der Waals surface area contributed by atoms with Crippen molar-refractivity contribution in [1.82, 2.24) is 10.6 Å². The van der Waals surface area contributed by atoms with Crippen LogP contribution in [0.4, 0.5) is 0 Å². The minimum Gasteiger partial charge on any atom is -0.366 e. The van der Waals surface area contributed by atoms with Crippen LogP contribution in [0.3, 0.4) is 0 Å². The lowest BCUT2D eigenvalue weighted by Gasteiger charge is -2.25. The molecule has 1 saturated heterocycles. The summed E-state index contributed by atoms with van der Waals surface area (Å²) in [4.78, 5) is 0. The SMILES string of the molecule is CNC(=S)N[C@]1(C)CCS(=O)(=O)C1. The molecular weight excluding hydrogens is 208 g/mol. The van der Waals surface area contributed by atoms with Crippen LogP contribution >= 0.6 is 12.2 Å². The number of sulfone groups is 1. The number of rotatable bonds is 1.